The number of benzene rings is 9. The first-order chi connectivity index (χ1) is 66.0. The number of likely N-dealkylation sites (N-methyl/N-ethyl adjacent to an activating group) is 3. The standard InChI is InChI=1S/C27H24ClN5O.C21H18N4OS.2C20H20ClF2N3O.C17H14Cl2N4OS/c1-27(23-14-20(9-10-31-23)21-11-16(15-29)12-22(28)13-21)24(25(34)33(2)26(30)32-27)19-7-5-18(6-8-19)17-3-4-17;1-21(11-18(26)25(2)20(23)24-21)17-10-15-4-3-5-16(19(15)27-17)14-8-6-13(12-22)7-9-14;2*1-19(14-6-4-5-7-15(14)21)16(17(27)26(3)18(24)25-19)12-8-10-13(11-9-12)20(2,22)23;1-17(7-14(24)23(2)16(21)22-17)13-6-12(15(19)25-13)10-3-9(8-20)4-11(18)5-10/h5-14,17,24H,3-4H2,1-2H3,(H2,30,32);3-10H,11H2,1-2H3,(H2,23,24);2*4-11,16H,1-3H3,(H2,24,25);3-6H,7H2,1-2H3,(H2,21,22)/t24-,27+;21-;16-,19+;16-,19-;17-/m00010/s1. The Morgan fingerprint density at radius 3 is 1.23 bits per heavy atom. The Morgan fingerprint density at radius 1 is 0.400 bits per heavy atom. The molecular weight excluding hydrogens is 1920 g/mol. The Morgan fingerprint density at radius 2 is 0.800 bits per heavy atom. The van der Waals surface area contributed by atoms with Gasteiger partial charge in [-0.25, -0.2) is 42.5 Å². The number of amides is 5. The van der Waals surface area contributed by atoms with Crippen LogP contribution in [0.4, 0.5) is 17.6 Å². The van der Waals surface area contributed by atoms with Gasteiger partial charge in [-0.15, -0.1) is 22.7 Å². The van der Waals surface area contributed by atoms with Gasteiger partial charge >= 0.3 is 0 Å². The summed E-state index contributed by atoms with van der Waals surface area (Å²) in [4.78, 5) is 100. The number of hydrogen-bond acceptors (Lipinski definition) is 21. The molecule has 35 heteroatoms. The maximum atomic E-state index is 13.6. The van der Waals surface area contributed by atoms with Crippen molar-refractivity contribution in [2.24, 2.45) is 53.6 Å². The van der Waals surface area contributed by atoms with Crippen molar-refractivity contribution in [1.82, 2.24) is 29.5 Å². The summed E-state index contributed by atoms with van der Waals surface area (Å²) in [7, 11) is 7.97. The van der Waals surface area contributed by atoms with Crippen LogP contribution < -0.4 is 28.7 Å². The zero-order chi connectivity index (χ0) is 102. The molecule has 24 nitrogen and oxygen atoms in total. The molecule has 1 fully saturated rings. The van der Waals surface area contributed by atoms with Crippen molar-refractivity contribution in [2.75, 3.05) is 35.2 Å². The second-order valence-corrected chi connectivity index (χ2v) is 40.3. The number of aliphatic imine (C=N–C) groups is 5. The second-order valence-electron chi connectivity index (χ2n) is 35.9. The lowest BCUT2D eigenvalue weighted by Crippen LogP contribution is -2.52. The summed E-state index contributed by atoms with van der Waals surface area (Å²) in [6.45, 7) is 10.9. The highest BCUT2D eigenvalue weighted by molar-refractivity contribution is 7.19. The highest BCUT2D eigenvalue weighted by atomic mass is 35.5. The van der Waals surface area contributed by atoms with E-state index in [0.29, 0.717) is 81.4 Å². The van der Waals surface area contributed by atoms with Gasteiger partial charge in [-0.1, -0.05) is 198 Å². The quantitative estimate of drug-likeness (QED) is 0.0632. The third-order valence-electron chi connectivity index (χ3n) is 25.9. The van der Waals surface area contributed by atoms with E-state index in [0.717, 1.165) is 72.6 Å². The number of guanidine groups is 5. The van der Waals surface area contributed by atoms with E-state index < -0.39 is 57.3 Å². The minimum atomic E-state index is -2.96. The normalized spacial score (nSPS) is 21.9. The minimum absolute atomic E-state index is 0.0326. The van der Waals surface area contributed by atoms with Gasteiger partial charge in [0.25, 0.3) is 11.8 Å². The number of carbonyl (C=O) groups excluding carboxylic acids is 5. The van der Waals surface area contributed by atoms with Gasteiger partial charge < -0.3 is 28.7 Å². The van der Waals surface area contributed by atoms with Gasteiger partial charge in [0, 0.05) is 107 Å². The van der Waals surface area contributed by atoms with Gasteiger partial charge in [-0.05, 0) is 205 Å². The Bertz CT molecular complexity index is 7060. The number of aromatic nitrogens is 1. The van der Waals surface area contributed by atoms with Crippen LogP contribution in [0.5, 0.6) is 0 Å². The average molecular weight is 2020 g/mol. The average Bonchev–Trinajstić information content (AvgIpc) is 0.797. The molecule has 1 aliphatic carbocycles. The van der Waals surface area contributed by atoms with E-state index in [2.05, 4.69) is 73.5 Å². The van der Waals surface area contributed by atoms with Gasteiger partial charge in [-0.3, -0.25) is 53.5 Å². The van der Waals surface area contributed by atoms with E-state index in [1.807, 2.05) is 81.4 Å². The van der Waals surface area contributed by atoms with E-state index in [9.17, 15) is 46.8 Å². The SMILES string of the molecule is CN1C(=O)C[C@@](C)(c2cc(-c3cc(Cl)cc(C#N)c3)c(Cl)s2)N=C1N.CN1C(=O)C[C@@](C)(c2cc3cccc(-c4ccc(C#N)cc4)c3s2)N=C1N.CN1C(=O)[C@@H](c2ccc(C(C)(F)F)cc2)[C@@](C)(c2ccccc2Cl)N=C1N.CN1C(=O)[C@H](c2ccc(C(C)(F)F)cc2)[C@@](C)(c2ccccc2Cl)N=C1N.CN1C(=O)[C@H](c2ccc(C3CC3)cc2)[C@@](C)(c2cc(-c3cc(Cl)cc(C#N)c3)ccn2)N=C1N. The van der Waals surface area contributed by atoms with Gasteiger partial charge in [0.05, 0.1) is 71.2 Å². The van der Waals surface area contributed by atoms with Crippen LogP contribution in [0, 0.1) is 34.0 Å². The molecule has 8 heterocycles. The number of fused-ring (bicyclic) bond motifs is 1. The smallest absolute Gasteiger partial charge is 0.270 e. The highest BCUT2D eigenvalue weighted by Crippen LogP contribution is 2.53. The Kier molecular flexibility index (Phi) is 29.3. The van der Waals surface area contributed by atoms with Crippen molar-refractivity contribution in [1.29, 1.82) is 15.8 Å². The van der Waals surface area contributed by atoms with Gasteiger partial charge in [0.1, 0.15) is 32.0 Å². The lowest BCUT2D eigenvalue weighted by molar-refractivity contribution is -0.131. The van der Waals surface area contributed by atoms with E-state index >= 15 is 0 Å². The molecule has 0 spiro atoms. The van der Waals surface area contributed by atoms with Gasteiger partial charge in [0.2, 0.25) is 29.5 Å². The Balaban J connectivity index is 0.000000140. The van der Waals surface area contributed by atoms with Crippen molar-refractivity contribution >= 4 is 150 Å². The molecule has 5 amide bonds. The number of rotatable bonds is 14. The van der Waals surface area contributed by atoms with Crippen molar-refractivity contribution in [2.45, 2.75) is 137 Å². The number of thiophene rings is 2. The Hall–Kier alpha value is -13.9. The fourth-order valence-electron chi connectivity index (χ4n) is 17.6. The number of nitrogens with two attached hydrogens (primary N) is 5. The molecule has 9 aromatic carbocycles. The first-order valence-electron chi connectivity index (χ1n) is 44.0. The summed E-state index contributed by atoms with van der Waals surface area (Å²) in [5, 5.41) is 30.4. The molecule has 140 heavy (non-hydrogen) atoms. The number of alkyl halides is 4. The fourth-order valence-corrected chi connectivity index (χ4v) is 21.4. The van der Waals surface area contributed by atoms with E-state index in [1.54, 1.807) is 137 Å². The van der Waals surface area contributed by atoms with Crippen molar-refractivity contribution in [3.05, 3.63) is 332 Å². The largest absolute Gasteiger partial charge is 0.369 e. The van der Waals surface area contributed by atoms with Crippen molar-refractivity contribution in [3.8, 4) is 51.6 Å². The van der Waals surface area contributed by atoms with Crippen LogP contribution in [-0.4, -0.2) is 124 Å². The molecule has 0 saturated heterocycles. The molecule has 8 atom stereocenters. The predicted octanol–water partition coefficient (Wildman–Crippen LogP) is 21.2. The molecule has 12 aromatic rings. The molecular formula is C105H96Cl5F4N19O5S2. The van der Waals surface area contributed by atoms with E-state index in [1.165, 1.54) is 117 Å². The van der Waals surface area contributed by atoms with Crippen LogP contribution in [-0.2, 0) is 63.5 Å². The summed E-state index contributed by atoms with van der Waals surface area (Å²) in [5.74, 6) is -7.46. The molecule has 1 saturated carbocycles. The van der Waals surface area contributed by atoms with E-state index in [-0.39, 0.29) is 76.9 Å². The second kappa shape index (κ2) is 40.2. The molecule has 0 bridgehead atoms. The lowest BCUT2D eigenvalue weighted by atomic mass is 9.74. The Labute approximate surface area is 840 Å². The third kappa shape index (κ3) is 20.9. The lowest BCUT2D eigenvalue weighted by Gasteiger charge is -2.41. The summed E-state index contributed by atoms with van der Waals surface area (Å²) in [5.41, 5.74) is 37.2. The molecule has 10 N–H and O–H groups in total. The zero-order valence-electron chi connectivity index (χ0n) is 78.0. The molecule has 716 valence electrons. The minimum Gasteiger partial charge on any atom is -0.369 e. The van der Waals surface area contributed by atoms with Crippen molar-refractivity contribution in [3.63, 3.8) is 0 Å². The van der Waals surface area contributed by atoms with E-state index in [4.69, 9.17) is 102 Å². The number of nitrogens with zero attached hydrogens (tertiary/aromatic N) is 14. The van der Waals surface area contributed by atoms with Crippen LogP contribution in [0.1, 0.15) is 174 Å². The topological polar surface area (TPSA) is 378 Å². The number of carbonyl (C=O) groups is 5. The maximum Gasteiger partial charge on any atom is 0.270 e. The number of halogens is 9. The molecule has 6 aliphatic rings. The number of nitriles is 3. The van der Waals surface area contributed by atoms with Crippen LogP contribution in [0.2, 0.25) is 24.4 Å². The van der Waals surface area contributed by atoms with Gasteiger partial charge in [-0.2, -0.15) is 15.8 Å². The van der Waals surface area contributed by atoms with Gasteiger partial charge in [0.15, 0.2) is 29.8 Å². The van der Waals surface area contributed by atoms with Crippen LogP contribution >= 0.6 is 80.7 Å². The maximum absolute atomic E-state index is 13.6. The molecule has 18 rings (SSSR count). The fraction of sp³-hybridized carbons (Fsp3) is 0.257. The highest BCUT2D eigenvalue weighted by Gasteiger charge is 2.52. The summed E-state index contributed by atoms with van der Waals surface area (Å²) < 4.78 is 55.9. The third-order valence-corrected chi connectivity index (χ3v) is 30.0. The molecule has 0 unspecified atom stereocenters. The molecule has 5 aliphatic heterocycles. The first kappa shape index (κ1) is 102. The predicted molar refractivity (Wildman–Crippen MR) is 545 cm³/mol. The number of hydrogen-bond donors (Lipinski definition) is 5. The zero-order valence-corrected chi connectivity index (χ0v) is 83.4. The number of pyridine rings is 1. The van der Waals surface area contributed by atoms with Crippen LogP contribution in [0.15, 0.2) is 256 Å². The van der Waals surface area contributed by atoms with Crippen LogP contribution in [0.3, 0.4) is 0 Å². The van der Waals surface area contributed by atoms with Crippen molar-refractivity contribution < 1.29 is 41.5 Å². The summed E-state index contributed by atoms with van der Waals surface area (Å²) >= 11 is 34.5. The van der Waals surface area contributed by atoms with Crippen LogP contribution in [0.25, 0.3) is 43.5 Å². The summed E-state index contributed by atoms with van der Waals surface area (Å²) in [6, 6.07) is 72.0. The monoisotopic (exact) mass is 2020 g/mol. The molecule has 3 aromatic heterocycles. The summed E-state index contributed by atoms with van der Waals surface area (Å²) in [6.07, 6.45) is 4.63. The molecule has 0 radical (unpaired) electrons. The first-order valence-corrected chi connectivity index (χ1v) is 47.5.